The molecule has 0 aliphatic heterocycles. The first-order valence-electron chi connectivity index (χ1n) is 7.55. The van der Waals surface area contributed by atoms with Gasteiger partial charge in [-0.25, -0.2) is 4.98 Å². The van der Waals surface area contributed by atoms with Gasteiger partial charge in [0.15, 0.2) is 4.34 Å². The standard InChI is InChI=1S/C16H23N3S2/c1-3-5-13-6-8-14(9-7-13)15(17-10-4-2)11-20-16-18-12-19-21-16/h6-9,12,15,17H,3-5,10-11H2,1-2H3. The first kappa shape index (κ1) is 16.5. The van der Waals surface area contributed by atoms with Gasteiger partial charge in [-0.2, -0.15) is 4.37 Å². The summed E-state index contributed by atoms with van der Waals surface area (Å²) < 4.78 is 5.10. The van der Waals surface area contributed by atoms with Gasteiger partial charge in [-0.3, -0.25) is 0 Å². The van der Waals surface area contributed by atoms with Crippen molar-refractivity contribution in [3.05, 3.63) is 41.7 Å². The van der Waals surface area contributed by atoms with Crippen molar-refractivity contribution in [1.82, 2.24) is 14.7 Å². The minimum Gasteiger partial charge on any atom is -0.309 e. The van der Waals surface area contributed by atoms with Crippen molar-refractivity contribution < 1.29 is 0 Å². The van der Waals surface area contributed by atoms with Crippen LogP contribution in [0.25, 0.3) is 0 Å². The highest BCUT2D eigenvalue weighted by Gasteiger charge is 2.12. The molecule has 114 valence electrons. The highest BCUT2D eigenvalue weighted by atomic mass is 32.2. The minimum absolute atomic E-state index is 0.370. The number of rotatable bonds is 9. The number of thioether (sulfide) groups is 1. The van der Waals surface area contributed by atoms with Crippen LogP contribution in [0.5, 0.6) is 0 Å². The molecule has 0 radical (unpaired) electrons. The molecule has 2 rings (SSSR count). The van der Waals surface area contributed by atoms with Crippen LogP contribution in [0.1, 0.15) is 43.9 Å². The second-order valence-electron chi connectivity index (χ2n) is 5.02. The molecule has 1 heterocycles. The summed E-state index contributed by atoms with van der Waals surface area (Å²) in [6, 6.07) is 9.41. The zero-order valence-corrected chi connectivity index (χ0v) is 14.3. The van der Waals surface area contributed by atoms with Crippen molar-refractivity contribution in [2.75, 3.05) is 12.3 Å². The van der Waals surface area contributed by atoms with Crippen LogP contribution in [-0.2, 0) is 6.42 Å². The van der Waals surface area contributed by atoms with Gasteiger partial charge < -0.3 is 5.32 Å². The van der Waals surface area contributed by atoms with Gasteiger partial charge in [-0.05, 0) is 42.0 Å². The number of nitrogens with zero attached hydrogens (tertiary/aromatic N) is 2. The number of aryl methyl sites for hydroxylation is 1. The van der Waals surface area contributed by atoms with Crippen LogP contribution in [0.3, 0.4) is 0 Å². The summed E-state index contributed by atoms with van der Waals surface area (Å²) in [5.74, 6) is 0.988. The second kappa shape index (κ2) is 9.18. The molecule has 3 nitrogen and oxygen atoms in total. The lowest BCUT2D eigenvalue weighted by Gasteiger charge is -2.18. The number of hydrogen-bond acceptors (Lipinski definition) is 5. The van der Waals surface area contributed by atoms with Crippen molar-refractivity contribution in [3.63, 3.8) is 0 Å². The molecule has 1 atom stereocenters. The molecule has 0 saturated heterocycles. The fourth-order valence-electron chi connectivity index (χ4n) is 2.18. The summed E-state index contributed by atoms with van der Waals surface area (Å²) in [4.78, 5) is 4.24. The van der Waals surface area contributed by atoms with E-state index in [1.165, 1.54) is 29.1 Å². The number of aromatic nitrogens is 2. The maximum atomic E-state index is 4.24. The topological polar surface area (TPSA) is 37.8 Å². The van der Waals surface area contributed by atoms with Gasteiger partial charge in [0.25, 0.3) is 0 Å². The summed E-state index contributed by atoms with van der Waals surface area (Å²) in [6.45, 7) is 5.46. The van der Waals surface area contributed by atoms with E-state index < -0.39 is 0 Å². The minimum atomic E-state index is 0.370. The summed E-state index contributed by atoms with van der Waals surface area (Å²) >= 11 is 3.24. The van der Waals surface area contributed by atoms with Crippen molar-refractivity contribution in [1.29, 1.82) is 0 Å². The van der Waals surface area contributed by atoms with Crippen molar-refractivity contribution >= 4 is 23.3 Å². The van der Waals surface area contributed by atoms with Gasteiger partial charge in [0.2, 0.25) is 0 Å². The molecule has 0 aliphatic carbocycles. The van der Waals surface area contributed by atoms with E-state index in [4.69, 9.17) is 0 Å². The molecule has 0 spiro atoms. The van der Waals surface area contributed by atoms with E-state index in [0.29, 0.717) is 6.04 Å². The maximum Gasteiger partial charge on any atom is 0.169 e. The summed E-state index contributed by atoms with van der Waals surface area (Å²) in [7, 11) is 0. The maximum absolute atomic E-state index is 4.24. The highest BCUT2D eigenvalue weighted by molar-refractivity contribution is 8.00. The molecule has 1 unspecified atom stereocenters. The third-order valence-electron chi connectivity index (χ3n) is 3.28. The van der Waals surface area contributed by atoms with E-state index in [0.717, 1.165) is 29.5 Å². The predicted octanol–water partition coefficient (Wildman–Crippen LogP) is 4.32. The van der Waals surface area contributed by atoms with Crippen LogP contribution >= 0.6 is 23.3 Å². The Hall–Kier alpha value is -0.910. The van der Waals surface area contributed by atoms with Crippen LogP contribution in [0.15, 0.2) is 34.9 Å². The van der Waals surface area contributed by atoms with Gasteiger partial charge in [0, 0.05) is 11.8 Å². The molecule has 1 aromatic carbocycles. The summed E-state index contributed by atoms with van der Waals surface area (Å²) in [6.07, 6.45) is 5.13. The van der Waals surface area contributed by atoms with E-state index in [2.05, 4.69) is 52.8 Å². The Labute approximate surface area is 135 Å². The third kappa shape index (κ3) is 5.41. The summed E-state index contributed by atoms with van der Waals surface area (Å²) in [5.41, 5.74) is 2.78. The molecule has 1 N–H and O–H groups in total. The fraction of sp³-hybridized carbons (Fsp3) is 0.500. The second-order valence-corrected chi connectivity index (χ2v) is 7.06. The molecule has 2 aromatic rings. The summed E-state index contributed by atoms with van der Waals surface area (Å²) in [5, 5.41) is 3.64. The van der Waals surface area contributed by atoms with Gasteiger partial charge in [0.1, 0.15) is 6.33 Å². The van der Waals surface area contributed by atoms with Crippen molar-refractivity contribution in [3.8, 4) is 0 Å². The zero-order chi connectivity index (χ0) is 14.9. The normalized spacial score (nSPS) is 12.5. The molecule has 0 aliphatic rings. The molecule has 1 aromatic heterocycles. The van der Waals surface area contributed by atoms with Crippen molar-refractivity contribution in [2.45, 2.75) is 43.5 Å². The Morgan fingerprint density at radius 3 is 2.62 bits per heavy atom. The SMILES string of the molecule is CCCNC(CSc1ncns1)c1ccc(CCC)cc1. The van der Waals surface area contributed by atoms with Crippen LogP contribution in [-0.4, -0.2) is 21.7 Å². The Morgan fingerprint density at radius 1 is 1.19 bits per heavy atom. The molecule has 0 amide bonds. The number of hydrogen-bond donors (Lipinski definition) is 1. The Kier molecular flexibility index (Phi) is 7.19. The smallest absolute Gasteiger partial charge is 0.169 e. The molecule has 0 fully saturated rings. The highest BCUT2D eigenvalue weighted by Crippen LogP contribution is 2.25. The quantitative estimate of drug-likeness (QED) is 0.698. The fourth-order valence-corrected chi connectivity index (χ4v) is 3.74. The average molecular weight is 322 g/mol. The first-order valence-corrected chi connectivity index (χ1v) is 9.31. The molecular formula is C16H23N3S2. The lowest BCUT2D eigenvalue weighted by atomic mass is 10.0. The van der Waals surface area contributed by atoms with Crippen molar-refractivity contribution in [2.24, 2.45) is 0 Å². The van der Waals surface area contributed by atoms with E-state index in [1.54, 1.807) is 18.1 Å². The molecule has 0 saturated carbocycles. The largest absolute Gasteiger partial charge is 0.309 e. The Morgan fingerprint density at radius 2 is 2.00 bits per heavy atom. The molecule has 0 bridgehead atoms. The van der Waals surface area contributed by atoms with Gasteiger partial charge in [0.05, 0.1) is 0 Å². The van der Waals surface area contributed by atoms with Crippen LogP contribution < -0.4 is 5.32 Å². The van der Waals surface area contributed by atoms with Crippen LogP contribution in [0.2, 0.25) is 0 Å². The number of benzene rings is 1. The first-order chi connectivity index (χ1) is 10.3. The third-order valence-corrected chi connectivity index (χ3v) is 5.17. The number of nitrogens with one attached hydrogen (secondary N) is 1. The zero-order valence-electron chi connectivity index (χ0n) is 12.7. The average Bonchev–Trinajstić information content (AvgIpc) is 3.02. The van der Waals surface area contributed by atoms with Gasteiger partial charge in [-0.15, -0.1) is 0 Å². The van der Waals surface area contributed by atoms with Gasteiger partial charge in [-0.1, -0.05) is 56.3 Å². The van der Waals surface area contributed by atoms with Crippen LogP contribution in [0.4, 0.5) is 0 Å². The van der Waals surface area contributed by atoms with E-state index in [1.807, 2.05) is 0 Å². The molecule has 21 heavy (non-hydrogen) atoms. The van der Waals surface area contributed by atoms with E-state index in [9.17, 15) is 0 Å². The van der Waals surface area contributed by atoms with Gasteiger partial charge >= 0.3 is 0 Å². The molecular weight excluding hydrogens is 298 g/mol. The molecule has 5 heteroatoms. The lowest BCUT2D eigenvalue weighted by Crippen LogP contribution is -2.24. The predicted molar refractivity (Wildman–Crippen MR) is 92.1 cm³/mol. The van der Waals surface area contributed by atoms with Crippen LogP contribution in [0, 0.1) is 0 Å². The van der Waals surface area contributed by atoms with E-state index >= 15 is 0 Å². The lowest BCUT2D eigenvalue weighted by molar-refractivity contribution is 0.577. The Bertz CT molecular complexity index is 497. The monoisotopic (exact) mass is 321 g/mol. The van der Waals surface area contributed by atoms with E-state index in [-0.39, 0.29) is 0 Å². The Balaban J connectivity index is 1.99.